The van der Waals surface area contributed by atoms with Crippen molar-refractivity contribution in [3.05, 3.63) is 0 Å². The lowest BCUT2D eigenvalue weighted by molar-refractivity contribution is -0.0189. The van der Waals surface area contributed by atoms with Crippen molar-refractivity contribution >= 4 is 0 Å². The first-order chi connectivity index (χ1) is 8.13. The Kier molecular flexibility index (Phi) is 3.20. The van der Waals surface area contributed by atoms with Crippen LogP contribution in [-0.2, 0) is 0 Å². The molecule has 4 rings (SSSR count). The fourth-order valence-electron chi connectivity index (χ4n) is 4.75. The SMILES string of the molecule is CC(C)C(O)CNC1C2CC3CC(C2)CC1C3. The molecule has 2 N–H and O–H groups in total. The number of rotatable bonds is 4. The molecule has 2 heteroatoms. The van der Waals surface area contributed by atoms with E-state index >= 15 is 0 Å². The molecular formula is C15H27NO. The van der Waals surface area contributed by atoms with E-state index in [-0.39, 0.29) is 6.10 Å². The van der Waals surface area contributed by atoms with Crippen molar-refractivity contribution in [3.63, 3.8) is 0 Å². The third-order valence-corrected chi connectivity index (χ3v) is 5.56. The maximum absolute atomic E-state index is 9.92. The molecular weight excluding hydrogens is 210 g/mol. The highest BCUT2D eigenvalue weighted by Crippen LogP contribution is 2.53. The van der Waals surface area contributed by atoms with E-state index in [0.29, 0.717) is 5.92 Å². The summed E-state index contributed by atoms with van der Waals surface area (Å²) in [6.45, 7) is 5.00. The predicted octanol–water partition coefficient (Wildman–Crippen LogP) is 2.42. The molecule has 0 aromatic carbocycles. The summed E-state index contributed by atoms with van der Waals surface area (Å²) in [4.78, 5) is 0. The van der Waals surface area contributed by atoms with Crippen molar-refractivity contribution in [2.75, 3.05) is 6.54 Å². The average molecular weight is 237 g/mol. The molecule has 0 heterocycles. The molecule has 4 aliphatic carbocycles. The quantitative estimate of drug-likeness (QED) is 0.787. The molecule has 0 spiro atoms. The Morgan fingerprint density at radius 3 is 2.00 bits per heavy atom. The van der Waals surface area contributed by atoms with E-state index in [4.69, 9.17) is 0 Å². The highest BCUT2D eigenvalue weighted by Gasteiger charge is 2.47. The lowest BCUT2D eigenvalue weighted by atomic mass is 9.54. The Balaban J connectivity index is 1.57. The van der Waals surface area contributed by atoms with Gasteiger partial charge in [0.2, 0.25) is 0 Å². The summed E-state index contributed by atoms with van der Waals surface area (Å²) in [5.74, 6) is 4.31. The molecule has 0 aromatic heterocycles. The third-order valence-electron chi connectivity index (χ3n) is 5.56. The number of hydrogen-bond acceptors (Lipinski definition) is 2. The van der Waals surface area contributed by atoms with E-state index in [2.05, 4.69) is 19.2 Å². The van der Waals surface area contributed by atoms with Crippen molar-refractivity contribution in [1.82, 2.24) is 5.32 Å². The molecule has 0 amide bonds. The number of aliphatic hydroxyl groups is 1. The molecule has 98 valence electrons. The van der Waals surface area contributed by atoms with E-state index in [0.717, 1.165) is 36.3 Å². The number of aliphatic hydroxyl groups excluding tert-OH is 1. The topological polar surface area (TPSA) is 32.3 Å². The van der Waals surface area contributed by atoms with Crippen LogP contribution in [0.5, 0.6) is 0 Å². The fraction of sp³-hybridized carbons (Fsp3) is 1.00. The second-order valence-corrected chi connectivity index (χ2v) is 7.18. The first kappa shape index (κ1) is 12.0. The van der Waals surface area contributed by atoms with Crippen molar-refractivity contribution in [2.45, 2.75) is 58.1 Å². The molecule has 4 aliphatic rings. The molecule has 0 saturated heterocycles. The standard InChI is InChI=1S/C15H27NO/c1-9(2)14(17)8-16-15-12-4-10-3-11(6-12)7-13(15)5-10/h9-17H,3-8H2,1-2H3. The van der Waals surface area contributed by atoms with Gasteiger partial charge in [0.1, 0.15) is 0 Å². The minimum Gasteiger partial charge on any atom is -0.392 e. The van der Waals surface area contributed by atoms with Crippen LogP contribution >= 0.6 is 0 Å². The Hall–Kier alpha value is -0.0800. The van der Waals surface area contributed by atoms with Crippen molar-refractivity contribution in [1.29, 1.82) is 0 Å². The van der Waals surface area contributed by atoms with Crippen molar-refractivity contribution in [2.24, 2.45) is 29.6 Å². The van der Waals surface area contributed by atoms with Crippen LogP contribution in [0.15, 0.2) is 0 Å². The van der Waals surface area contributed by atoms with Crippen LogP contribution in [0, 0.1) is 29.6 Å². The molecule has 0 aromatic rings. The largest absolute Gasteiger partial charge is 0.392 e. The molecule has 1 unspecified atom stereocenters. The summed E-state index contributed by atoms with van der Waals surface area (Å²) in [5, 5.41) is 13.6. The number of hydrogen-bond donors (Lipinski definition) is 2. The zero-order chi connectivity index (χ0) is 12.0. The maximum atomic E-state index is 9.92. The van der Waals surface area contributed by atoms with Crippen LogP contribution in [0.2, 0.25) is 0 Å². The monoisotopic (exact) mass is 237 g/mol. The zero-order valence-corrected chi connectivity index (χ0v) is 11.2. The van der Waals surface area contributed by atoms with Gasteiger partial charge in [-0.05, 0) is 61.7 Å². The minimum absolute atomic E-state index is 0.174. The van der Waals surface area contributed by atoms with Gasteiger partial charge in [-0.3, -0.25) is 0 Å². The summed E-state index contributed by atoms with van der Waals surface area (Å²) in [7, 11) is 0. The summed E-state index contributed by atoms with van der Waals surface area (Å²) < 4.78 is 0. The van der Waals surface area contributed by atoms with Crippen LogP contribution in [-0.4, -0.2) is 23.8 Å². The van der Waals surface area contributed by atoms with Gasteiger partial charge in [-0.25, -0.2) is 0 Å². The second-order valence-electron chi connectivity index (χ2n) is 7.18. The summed E-state index contributed by atoms with van der Waals surface area (Å²) in [6, 6.07) is 0.719. The van der Waals surface area contributed by atoms with E-state index < -0.39 is 0 Å². The molecule has 0 radical (unpaired) electrons. The molecule has 17 heavy (non-hydrogen) atoms. The first-order valence-corrected chi connectivity index (χ1v) is 7.55. The normalized spacial score (nSPS) is 45.5. The fourth-order valence-corrected chi connectivity index (χ4v) is 4.75. The van der Waals surface area contributed by atoms with Gasteiger partial charge < -0.3 is 10.4 Å². The van der Waals surface area contributed by atoms with Gasteiger partial charge in [-0.15, -0.1) is 0 Å². The zero-order valence-electron chi connectivity index (χ0n) is 11.2. The third kappa shape index (κ3) is 2.26. The average Bonchev–Trinajstić information content (AvgIpc) is 2.26. The van der Waals surface area contributed by atoms with Gasteiger partial charge in [-0.2, -0.15) is 0 Å². The molecule has 0 aliphatic heterocycles. The summed E-state index contributed by atoms with van der Waals surface area (Å²) >= 11 is 0. The lowest BCUT2D eigenvalue weighted by Gasteiger charge is -2.54. The summed E-state index contributed by atoms with van der Waals surface area (Å²) in [5.41, 5.74) is 0. The molecule has 4 saturated carbocycles. The van der Waals surface area contributed by atoms with Gasteiger partial charge in [-0.1, -0.05) is 13.8 Å². The van der Waals surface area contributed by atoms with Crippen LogP contribution in [0.1, 0.15) is 46.0 Å². The molecule has 1 atom stereocenters. The molecule has 4 fully saturated rings. The first-order valence-electron chi connectivity index (χ1n) is 7.55. The van der Waals surface area contributed by atoms with Gasteiger partial charge in [0, 0.05) is 12.6 Å². The van der Waals surface area contributed by atoms with E-state index in [1.807, 2.05) is 0 Å². The summed E-state index contributed by atoms with van der Waals surface area (Å²) in [6.07, 6.45) is 7.19. The van der Waals surface area contributed by atoms with Crippen molar-refractivity contribution < 1.29 is 5.11 Å². The predicted molar refractivity (Wildman–Crippen MR) is 69.7 cm³/mol. The van der Waals surface area contributed by atoms with E-state index in [1.165, 1.54) is 32.1 Å². The van der Waals surface area contributed by atoms with Crippen LogP contribution in [0.4, 0.5) is 0 Å². The van der Waals surface area contributed by atoms with Gasteiger partial charge in [0.15, 0.2) is 0 Å². The van der Waals surface area contributed by atoms with Gasteiger partial charge >= 0.3 is 0 Å². The Morgan fingerprint density at radius 2 is 1.53 bits per heavy atom. The highest BCUT2D eigenvalue weighted by molar-refractivity contribution is 5.01. The highest BCUT2D eigenvalue weighted by atomic mass is 16.3. The van der Waals surface area contributed by atoms with Crippen LogP contribution in [0.3, 0.4) is 0 Å². The lowest BCUT2D eigenvalue weighted by Crippen LogP contribution is -2.55. The van der Waals surface area contributed by atoms with Crippen LogP contribution < -0.4 is 5.32 Å². The maximum Gasteiger partial charge on any atom is 0.0687 e. The Morgan fingerprint density at radius 1 is 1.00 bits per heavy atom. The number of nitrogens with one attached hydrogen (secondary N) is 1. The Labute approximate surface area is 105 Å². The second kappa shape index (κ2) is 4.55. The smallest absolute Gasteiger partial charge is 0.0687 e. The molecule has 2 nitrogen and oxygen atoms in total. The van der Waals surface area contributed by atoms with Gasteiger partial charge in [0.05, 0.1) is 6.10 Å². The van der Waals surface area contributed by atoms with Crippen molar-refractivity contribution in [3.8, 4) is 0 Å². The minimum atomic E-state index is -0.174. The van der Waals surface area contributed by atoms with Gasteiger partial charge in [0.25, 0.3) is 0 Å². The molecule has 4 bridgehead atoms. The Bertz CT molecular complexity index is 248. The van der Waals surface area contributed by atoms with Crippen LogP contribution in [0.25, 0.3) is 0 Å². The van der Waals surface area contributed by atoms with E-state index in [1.54, 1.807) is 0 Å². The van der Waals surface area contributed by atoms with E-state index in [9.17, 15) is 5.11 Å².